The van der Waals surface area contributed by atoms with Crippen LogP contribution in [-0.4, -0.2) is 11.4 Å². The van der Waals surface area contributed by atoms with E-state index in [-0.39, 0.29) is 22.6 Å². The van der Waals surface area contributed by atoms with E-state index in [1.54, 1.807) is 0 Å². The van der Waals surface area contributed by atoms with Gasteiger partial charge in [0.1, 0.15) is 0 Å². The van der Waals surface area contributed by atoms with Crippen LogP contribution in [0, 0.1) is 3.57 Å². The molecule has 2 nitrogen and oxygen atoms in total. The average molecular weight is 361 g/mol. The molecular formula is C9H7F3INOS. The van der Waals surface area contributed by atoms with Gasteiger partial charge in [0.2, 0.25) is 5.91 Å². The van der Waals surface area contributed by atoms with E-state index in [4.69, 9.17) is 0 Å². The lowest BCUT2D eigenvalue weighted by atomic mass is 10.3. The van der Waals surface area contributed by atoms with E-state index in [2.05, 4.69) is 5.32 Å². The summed E-state index contributed by atoms with van der Waals surface area (Å²) in [5, 5.41) is 2.53. The Morgan fingerprint density at radius 3 is 2.50 bits per heavy atom. The fraction of sp³-hybridized carbons (Fsp3) is 0.222. The molecule has 0 aliphatic heterocycles. The van der Waals surface area contributed by atoms with Gasteiger partial charge in [-0.25, -0.2) is 0 Å². The van der Waals surface area contributed by atoms with Gasteiger partial charge in [-0.3, -0.25) is 4.79 Å². The van der Waals surface area contributed by atoms with Crippen LogP contribution in [-0.2, 0) is 4.79 Å². The lowest BCUT2D eigenvalue weighted by molar-refractivity contribution is -0.114. The van der Waals surface area contributed by atoms with Crippen LogP contribution in [0.3, 0.4) is 0 Å². The highest BCUT2D eigenvalue weighted by atomic mass is 127. The highest BCUT2D eigenvalue weighted by molar-refractivity contribution is 14.1. The minimum atomic E-state index is -4.29. The van der Waals surface area contributed by atoms with Crippen LogP contribution >= 0.6 is 34.4 Å². The normalized spacial score (nSPS) is 11.3. The van der Waals surface area contributed by atoms with Gasteiger partial charge in [-0.15, -0.1) is 0 Å². The van der Waals surface area contributed by atoms with Crippen LogP contribution in [0.15, 0.2) is 23.1 Å². The zero-order chi connectivity index (χ0) is 12.3. The molecule has 0 spiro atoms. The molecule has 7 heteroatoms. The molecule has 1 amide bonds. The third-order valence-corrected chi connectivity index (χ3v) is 3.10. The smallest absolute Gasteiger partial charge is 0.325 e. The van der Waals surface area contributed by atoms with Crippen molar-refractivity contribution in [1.82, 2.24) is 0 Å². The number of amides is 1. The molecule has 0 atom stereocenters. The number of carbonyl (C=O) groups is 1. The van der Waals surface area contributed by atoms with Crippen molar-refractivity contribution >= 4 is 45.9 Å². The van der Waals surface area contributed by atoms with Gasteiger partial charge in [-0.05, 0) is 52.6 Å². The molecule has 0 aliphatic rings. The molecule has 1 rings (SSSR count). The number of anilines is 1. The molecule has 0 bridgehead atoms. The van der Waals surface area contributed by atoms with Gasteiger partial charge in [0.25, 0.3) is 0 Å². The molecule has 0 saturated carbocycles. The summed E-state index contributed by atoms with van der Waals surface area (Å²) in [7, 11) is 0. The fourth-order valence-corrected chi connectivity index (χ4v) is 2.43. The van der Waals surface area contributed by atoms with Crippen LogP contribution in [0.5, 0.6) is 0 Å². The van der Waals surface area contributed by atoms with Crippen molar-refractivity contribution < 1.29 is 18.0 Å². The largest absolute Gasteiger partial charge is 0.446 e. The number of rotatable bonds is 2. The second-order valence-electron chi connectivity index (χ2n) is 2.87. The summed E-state index contributed by atoms with van der Waals surface area (Å²) in [6, 6.07) is 4.16. The molecule has 0 radical (unpaired) electrons. The SMILES string of the molecule is CC(=O)Nc1ccc(SC(F)(F)F)cc1I. The Kier molecular flexibility index (Phi) is 4.48. The number of hydrogen-bond acceptors (Lipinski definition) is 2. The lowest BCUT2D eigenvalue weighted by Crippen LogP contribution is -2.07. The Morgan fingerprint density at radius 1 is 1.44 bits per heavy atom. The lowest BCUT2D eigenvalue weighted by Gasteiger charge is -2.09. The van der Waals surface area contributed by atoms with Crippen molar-refractivity contribution in [3.05, 3.63) is 21.8 Å². The Morgan fingerprint density at radius 2 is 2.06 bits per heavy atom. The van der Waals surface area contributed by atoms with Crippen molar-refractivity contribution in [3.8, 4) is 0 Å². The predicted molar refractivity (Wildman–Crippen MR) is 65.4 cm³/mol. The van der Waals surface area contributed by atoms with Gasteiger partial charge in [-0.1, -0.05) is 0 Å². The maximum Gasteiger partial charge on any atom is 0.446 e. The number of thioether (sulfide) groups is 1. The number of hydrogen-bond donors (Lipinski definition) is 1. The summed E-state index contributed by atoms with van der Waals surface area (Å²) < 4.78 is 36.8. The first kappa shape index (κ1) is 13.6. The third kappa shape index (κ3) is 4.60. The van der Waals surface area contributed by atoms with Crippen molar-refractivity contribution in [3.63, 3.8) is 0 Å². The number of halogens is 4. The van der Waals surface area contributed by atoms with E-state index in [1.807, 2.05) is 22.6 Å². The van der Waals surface area contributed by atoms with Crippen molar-refractivity contribution in [2.24, 2.45) is 0 Å². The number of alkyl halides is 3. The van der Waals surface area contributed by atoms with E-state index in [1.165, 1.54) is 25.1 Å². The highest BCUT2D eigenvalue weighted by Gasteiger charge is 2.29. The summed E-state index contributed by atoms with van der Waals surface area (Å²) in [5.74, 6) is -0.255. The van der Waals surface area contributed by atoms with Crippen LogP contribution in [0.25, 0.3) is 0 Å². The summed E-state index contributed by atoms with van der Waals surface area (Å²) >= 11 is 1.70. The Labute approximate surface area is 108 Å². The molecule has 1 aromatic rings. The van der Waals surface area contributed by atoms with E-state index < -0.39 is 5.51 Å². The Bertz CT molecular complexity index is 408. The molecule has 88 valence electrons. The standard InChI is InChI=1S/C9H7F3INOS/c1-5(15)14-8-3-2-6(4-7(8)13)16-9(10,11)12/h2-4H,1H3,(H,14,15). The first-order chi connectivity index (χ1) is 7.28. The van der Waals surface area contributed by atoms with Crippen LogP contribution < -0.4 is 5.32 Å². The number of carbonyl (C=O) groups excluding carboxylic acids is 1. The number of nitrogens with one attached hydrogen (secondary N) is 1. The van der Waals surface area contributed by atoms with Gasteiger partial charge in [0.15, 0.2) is 0 Å². The highest BCUT2D eigenvalue weighted by Crippen LogP contribution is 2.38. The Hall–Kier alpha value is -0.440. The topological polar surface area (TPSA) is 29.1 Å². The van der Waals surface area contributed by atoms with Gasteiger partial charge in [-0.2, -0.15) is 13.2 Å². The molecule has 1 N–H and O–H groups in total. The van der Waals surface area contributed by atoms with Crippen molar-refractivity contribution in [2.45, 2.75) is 17.3 Å². The number of benzene rings is 1. The van der Waals surface area contributed by atoms with E-state index in [0.29, 0.717) is 9.26 Å². The monoisotopic (exact) mass is 361 g/mol. The molecule has 0 aromatic heterocycles. The fourth-order valence-electron chi connectivity index (χ4n) is 0.984. The first-order valence-corrected chi connectivity index (χ1v) is 6.00. The molecule has 0 heterocycles. The Balaban J connectivity index is 2.87. The second-order valence-corrected chi connectivity index (χ2v) is 5.17. The first-order valence-electron chi connectivity index (χ1n) is 4.11. The average Bonchev–Trinajstić information content (AvgIpc) is 2.06. The molecule has 0 saturated heterocycles. The molecule has 0 fully saturated rings. The summed E-state index contributed by atoms with van der Waals surface area (Å²) in [5.41, 5.74) is -3.78. The maximum absolute atomic E-state index is 12.1. The van der Waals surface area contributed by atoms with Crippen LogP contribution in [0.1, 0.15) is 6.92 Å². The zero-order valence-electron chi connectivity index (χ0n) is 8.06. The quantitative estimate of drug-likeness (QED) is 0.640. The predicted octanol–water partition coefficient (Wildman–Crippen LogP) is 3.86. The molecule has 16 heavy (non-hydrogen) atoms. The second kappa shape index (κ2) is 5.26. The molecule has 1 aromatic carbocycles. The summed E-state index contributed by atoms with van der Waals surface area (Å²) in [6.07, 6.45) is 0. The van der Waals surface area contributed by atoms with E-state index in [9.17, 15) is 18.0 Å². The maximum atomic E-state index is 12.1. The zero-order valence-corrected chi connectivity index (χ0v) is 11.0. The van der Waals surface area contributed by atoms with Crippen LogP contribution in [0.2, 0.25) is 0 Å². The van der Waals surface area contributed by atoms with Crippen LogP contribution in [0.4, 0.5) is 18.9 Å². The van der Waals surface area contributed by atoms with Gasteiger partial charge >= 0.3 is 5.51 Å². The summed E-state index contributed by atoms with van der Waals surface area (Å²) in [4.78, 5) is 10.9. The minimum Gasteiger partial charge on any atom is -0.325 e. The molecule has 0 aliphatic carbocycles. The van der Waals surface area contributed by atoms with E-state index >= 15 is 0 Å². The van der Waals surface area contributed by atoms with Gasteiger partial charge in [0, 0.05) is 15.4 Å². The molecular weight excluding hydrogens is 354 g/mol. The van der Waals surface area contributed by atoms with Crippen molar-refractivity contribution in [2.75, 3.05) is 5.32 Å². The minimum absolute atomic E-state index is 0.103. The van der Waals surface area contributed by atoms with Crippen molar-refractivity contribution in [1.29, 1.82) is 0 Å². The van der Waals surface area contributed by atoms with Gasteiger partial charge < -0.3 is 5.32 Å². The van der Waals surface area contributed by atoms with Gasteiger partial charge in [0.05, 0.1) is 5.69 Å². The molecule has 0 unspecified atom stereocenters. The third-order valence-electron chi connectivity index (χ3n) is 1.48. The summed E-state index contributed by atoms with van der Waals surface area (Å²) in [6.45, 7) is 1.34. The van der Waals surface area contributed by atoms with E-state index in [0.717, 1.165) is 0 Å².